The van der Waals surface area contributed by atoms with E-state index in [0.717, 1.165) is 37.0 Å². The van der Waals surface area contributed by atoms with Gasteiger partial charge in [-0.3, -0.25) is 5.10 Å². The number of aromatic nitrogens is 5. The maximum atomic E-state index is 15.6. The predicted molar refractivity (Wildman–Crippen MR) is 183 cm³/mol. The lowest BCUT2D eigenvalue weighted by atomic mass is 9.75. The van der Waals surface area contributed by atoms with Gasteiger partial charge in [0, 0.05) is 18.0 Å². The average molecular weight is 662 g/mol. The number of nitrogens with one attached hydrogen (secondary N) is 1. The van der Waals surface area contributed by atoms with Gasteiger partial charge in [-0.1, -0.05) is 58.4 Å². The number of ether oxygens (including phenoxy) is 1. The number of hydrogen-bond donors (Lipinski definition) is 1. The first-order chi connectivity index (χ1) is 22.4. The van der Waals surface area contributed by atoms with Crippen molar-refractivity contribution in [2.24, 2.45) is 18.4 Å². The lowest BCUT2D eigenvalue weighted by molar-refractivity contribution is 0.342. The van der Waals surface area contributed by atoms with Crippen molar-refractivity contribution in [3.8, 4) is 22.9 Å². The zero-order chi connectivity index (χ0) is 33.5. The molecule has 47 heavy (non-hydrogen) atoms. The minimum atomic E-state index is -1.11. The summed E-state index contributed by atoms with van der Waals surface area (Å²) in [5.74, 6) is 0.261. The highest BCUT2D eigenvalue weighted by Crippen LogP contribution is 2.41. The quantitative estimate of drug-likeness (QED) is 0.209. The van der Waals surface area contributed by atoms with Crippen LogP contribution in [0.15, 0.2) is 48.7 Å². The van der Waals surface area contributed by atoms with Crippen LogP contribution >= 0.6 is 11.8 Å². The Bertz CT molecular complexity index is 1920. The molecular weight excluding hydrogens is 620 g/mol. The average Bonchev–Trinajstić information content (AvgIpc) is 3.67. The number of fused-ring (bicyclic) bond motifs is 8. The van der Waals surface area contributed by atoms with Crippen molar-refractivity contribution in [3.05, 3.63) is 88.6 Å². The summed E-state index contributed by atoms with van der Waals surface area (Å²) in [5, 5.41) is 11.9. The molecule has 1 aliphatic heterocycles. The summed E-state index contributed by atoms with van der Waals surface area (Å²) in [6.45, 7) is 11.1. The molecule has 0 saturated carbocycles. The summed E-state index contributed by atoms with van der Waals surface area (Å²) in [5.41, 5.74) is 2.56. The Labute approximate surface area is 278 Å². The van der Waals surface area contributed by atoms with Crippen LogP contribution in [-0.4, -0.2) is 36.5 Å². The number of H-pyrrole nitrogens is 1. The van der Waals surface area contributed by atoms with Crippen LogP contribution in [0.3, 0.4) is 0 Å². The first kappa shape index (κ1) is 33.1. The molecule has 1 N–H and O–H groups in total. The molecule has 0 amide bonds. The lowest BCUT2D eigenvalue weighted by Gasteiger charge is -2.31. The maximum Gasteiger partial charge on any atom is 0.203 e. The molecule has 2 aromatic heterocycles. The third-order valence-corrected chi connectivity index (χ3v) is 10.7. The Morgan fingerprint density at radius 1 is 1.04 bits per heavy atom. The van der Waals surface area contributed by atoms with Crippen LogP contribution in [0, 0.1) is 28.8 Å². The molecule has 1 atom stereocenters. The van der Waals surface area contributed by atoms with E-state index in [1.165, 1.54) is 30.0 Å². The van der Waals surface area contributed by atoms with E-state index in [0.29, 0.717) is 40.7 Å². The Morgan fingerprint density at radius 3 is 2.64 bits per heavy atom. The number of thioether (sulfide) groups is 1. The van der Waals surface area contributed by atoms with Gasteiger partial charge in [-0.05, 0) is 84.8 Å². The molecule has 248 valence electrons. The fourth-order valence-corrected chi connectivity index (χ4v) is 7.81. The van der Waals surface area contributed by atoms with E-state index < -0.39 is 22.9 Å². The van der Waals surface area contributed by atoms with Crippen molar-refractivity contribution in [1.82, 2.24) is 25.0 Å². The van der Waals surface area contributed by atoms with E-state index in [4.69, 9.17) is 14.8 Å². The van der Waals surface area contributed by atoms with Gasteiger partial charge >= 0.3 is 0 Å². The number of halogens is 3. The fourth-order valence-electron chi connectivity index (χ4n) is 6.62. The van der Waals surface area contributed by atoms with Crippen molar-refractivity contribution < 1.29 is 17.9 Å². The number of benzene rings is 3. The Kier molecular flexibility index (Phi) is 9.17. The maximum absolute atomic E-state index is 15.6. The number of rotatable bonds is 3. The highest BCUT2D eigenvalue weighted by Gasteiger charge is 2.35. The first-order valence-corrected chi connectivity index (χ1v) is 17.4. The second-order valence-corrected chi connectivity index (χ2v) is 15.3. The highest BCUT2D eigenvalue weighted by atomic mass is 32.2. The van der Waals surface area contributed by atoms with Crippen LogP contribution in [0.1, 0.15) is 76.4 Å². The van der Waals surface area contributed by atoms with Crippen molar-refractivity contribution in [1.29, 1.82) is 0 Å². The molecule has 0 aliphatic carbocycles. The molecule has 0 fully saturated rings. The lowest BCUT2D eigenvalue weighted by Crippen LogP contribution is -2.27. The standard InChI is InChI=1S/C37H42F3N5OS/c1-22(2)17-23-9-7-10-24(18-23)37(5)15-8-14-36(3,4)21-47-16-13-26-28-20-41-43-32(28)30(39)31(40)33(26)46-25-11-12-29(38)27(19-25)34-42-35(37)44-45(34)6/h7,9-12,18-20,22H,8,13-17,21H2,1-6H3,(H,41,43)/t37-/m1/s1. The van der Waals surface area contributed by atoms with Crippen molar-refractivity contribution in [2.75, 3.05) is 11.5 Å². The molecule has 6 rings (SSSR count). The van der Waals surface area contributed by atoms with Gasteiger partial charge < -0.3 is 4.74 Å². The molecular formula is C37H42F3N5OS. The molecule has 0 spiro atoms. The van der Waals surface area contributed by atoms with Gasteiger partial charge in [-0.2, -0.15) is 26.3 Å². The summed E-state index contributed by atoms with van der Waals surface area (Å²) in [4.78, 5) is 4.98. The second-order valence-electron chi connectivity index (χ2n) is 14.2. The van der Waals surface area contributed by atoms with E-state index in [1.807, 2.05) is 0 Å². The van der Waals surface area contributed by atoms with E-state index in [2.05, 4.69) is 69.1 Å². The molecule has 10 heteroatoms. The van der Waals surface area contributed by atoms with Gasteiger partial charge in [0.25, 0.3) is 0 Å². The first-order valence-electron chi connectivity index (χ1n) is 16.3. The normalized spacial score (nSPS) is 18.9. The Hall–Kier alpha value is -3.79. The van der Waals surface area contributed by atoms with Crippen molar-refractivity contribution in [2.45, 2.75) is 72.1 Å². The summed E-state index contributed by atoms with van der Waals surface area (Å²) in [6.07, 6.45) is 5.63. The van der Waals surface area contributed by atoms with E-state index in [1.54, 1.807) is 23.5 Å². The van der Waals surface area contributed by atoms with Gasteiger partial charge in [-0.25, -0.2) is 18.4 Å². The van der Waals surface area contributed by atoms with Gasteiger partial charge in [0.1, 0.15) is 17.1 Å². The van der Waals surface area contributed by atoms with Gasteiger partial charge in [0.05, 0.1) is 17.2 Å². The zero-order valence-electron chi connectivity index (χ0n) is 27.9. The third kappa shape index (κ3) is 6.66. The number of hydrogen-bond acceptors (Lipinski definition) is 5. The minimum Gasteiger partial charge on any atom is -0.454 e. The monoisotopic (exact) mass is 661 g/mol. The highest BCUT2D eigenvalue weighted by molar-refractivity contribution is 7.99. The Morgan fingerprint density at radius 2 is 1.85 bits per heavy atom. The molecule has 4 bridgehead atoms. The number of aryl methyl sites for hydroxylation is 2. The molecule has 0 radical (unpaired) electrons. The minimum absolute atomic E-state index is 0.00141. The predicted octanol–water partition coefficient (Wildman–Crippen LogP) is 9.56. The van der Waals surface area contributed by atoms with Crippen LogP contribution in [0.5, 0.6) is 11.5 Å². The van der Waals surface area contributed by atoms with Gasteiger partial charge in [0.15, 0.2) is 23.2 Å². The second kappa shape index (κ2) is 13.0. The van der Waals surface area contributed by atoms with Crippen LogP contribution in [0.2, 0.25) is 0 Å². The van der Waals surface area contributed by atoms with E-state index in [-0.39, 0.29) is 28.0 Å². The van der Waals surface area contributed by atoms with Crippen LogP contribution in [-0.2, 0) is 25.3 Å². The van der Waals surface area contributed by atoms with Crippen LogP contribution in [0.4, 0.5) is 13.2 Å². The molecule has 0 unspecified atom stereocenters. The molecule has 6 nitrogen and oxygen atoms in total. The summed E-state index contributed by atoms with van der Waals surface area (Å²) in [6, 6.07) is 12.8. The summed E-state index contributed by atoms with van der Waals surface area (Å²) in [7, 11) is 1.75. The van der Waals surface area contributed by atoms with E-state index >= 15 is 13.2 Å². The van der Waals surface area contributed by atoms with Crippen molar-refractivity contribution >= 4 is 22.7 Å². The summed E-state index contributed by atoms with van der Waals surface area (Å²) >= 11 is 1.78. The van der Waals surface area contributed by atoms with Crippen LogP contribution < -0.4 is 4.74 Å². The number of aromatic amines is 1. The van der Waals surface area contributed by atoms with Gasteiger partial charge in [0.2, 0.25) is 5.82 Å². The largest absolute Gasteiger partial charge is 0.454 e. The number of nitrogens with zero attached hydrogens (tertiary/aromatic N) is 4. The molecule has 1 aliphatic rings. The summed E-state index contributed by atoms with van der Waals surface area (Å²) < 4.78 is 54.0. The molecule has 5 aromatic rings. The molecule has 3 heterocycles. The fraction of sp³-hybridized carbons (Fsp3) is 0.432. The Balaban J connectivity index is 1.49. The molecule has 0 saturated heterocycles. The van der Waals surface area contributed by atoms with Crippen molar-refractivity contribution in [3.63, 3.8) is 0 Å². The zero-order valence-corrected chi connectivity index (χ0v) is 28.7. The van der Waals surface area contributed by atoms with E-state index in [9.17, 15) is 0 Å². The molecule has 3 aromatic carbocycles. The SMILES string of the molecule is CC(C)Cc1cccc([C@@]2(C)CCCC(C)(C)CSCCc3c(c(F)c(F)c4[nH]ncc34)Oc3ccc(F)c(c3)-c3nc2nn3C)c1. The topological polar surface area (TPSA) is 68.6 Å². The van der Waals surface area contributed by atoms with Gasteiger partial charge in [-0.15, -0.1) is 0 Å². The third-order valence-electron chi connectivity index (χ3n) is 9.23. The van der Waals surface area contributed by atoms with Crippen LogP contribution in [0.25, 0.3) is 22.3 Å². The smallest absolute Gasteiger partial charge is 0.203 e.